The van der Waals surface area contributed by atoms with E-state index in [2.05, 4.69) is 35.5 Å². The number of aromatic nitrogens is 7. The number of imidazole rings is 1. The highest BCUT2D eigenvalue weighted by Gasteiger charge is 2.33. The lowest BCUT2D eigenvalue weighted by atomic mass is 9.95. The van der Waals surface area contributed by atoms with Crippen molar-refractivity contribution in [1.82, 2.24) is 30.2 Å². The molecule has 0 bridgehead atoms. The summed E-state index contributed by atoms with van der Waals surface area (Å²) in [7, 11) is 1.32. The highest BCUT2D eigenvalue weighted by atomic mass is 35.5. The van der Waals surface area contributed by atoms with Crippen LogP contribution in [-0.2, 0) is 4.74 Å². The minimum Gasteiger partial charge on any atom is -0.618 e. The average molecular weight is 557 g/mol. The van der Waals surface area contributed by atoms with Gasteiger partial charge in [0, 0.05) is 27.9 Å². The molecular formula is C28H25ClN8O3. The van der Waals surface area contributed by atoms with E-state index in [0.29, 0.717) is 33.6 Å². The molecule has 1 aliphatic carbocycles. The predicted molar refractivity (Wildman–Crippen MR) is 148 cm³/mol. The van der Waals surface area contributed by atoms with Crippen molar-refractivity contribution < 1.29 is 14.3 Å². The fraction of sp³-hybridized carbons (Fsp3) is 0.214. The summed E-state index contributed by atoms with van der Waals surface area (Å²) in [6.07, 6.45) is 7.41. The first kappa shape index (κ1) is 25.5. The molecule has 0 radical (unpaired) electrons. The van der Waals surface area contributed by atoms with Gasteiger partial charge in [0.05, 0.1) is 24.7 Å². The fourth-order valence-electron chi connectivity index (χ4n) is 4.75. The topological polar surface area (TPSA) is 138 Å². The van der Waals surface area contributed by atoms with Crippen molar-refractivity contribution in [3.63, 3.8) is 0 Å². The summed E-state index contributed by atoms with van der Waals surface area (Å²) in [6.45, 7) is 0. The number of tetrazole rings is 1. The molecule has 3 heterocycles. The van der Waals surface area contributed by atoms with Crippen molar-refractivity contribution in [2.45, 2.75) is 25.2 Å². The third-order valence-electron chi connectivity index (χ3n) is 6.99. The fourth-order valence-corrected chi connectivity index (χ4v) is 4.93. The van der Waals surface area contributed by atoms with Crippen molar-refractivity contribution in [3.05, 3.63) is 95.1 Å². The van der Waals surface area contributed by atoms with Crippen molar-refractivity contribution in [2.24, 2.45) is 5.92 Å². The lowest BCUT2D eigenvalue weighted by Gasteiger charge is -2.16. The number of H-pyrrole nitrogens is 1. The molecule has 12 heteroatoms. The Bertz CT molecular complexity index is 1650. The number of ether oxygens (including phenoxy) is 1. The van der Waals surface area contributed by atoms with E-state index in [1.165, 1.54) is 18.1 Å². The van der Waals surface area contributed by atoms with Crippen LogP contribution < -0.4 is 10.0 Å². The van der Waals surface area contributed by atoms with Gasteiger partial charge in [0.15, 0.2) is 6.20 Å². The molecule has 1 unspecified atom stereocenters. The number of halogens is 1. The van der Waals surface area contributed by atoms with Crippen molar-refractivity contribution >= 4 is 23.4 Å². The quantitative estimate of drug-likeness (QED) is 0.200. The van der Waals surface area contributed by atoms with Crippen LogP contribution in [0.4, 0.5) is 10.5 Å². The van der Waals surface area contributed by atoms with Gasteiger partial charge in [-0.3, -0.25) is 5.32 Å². The van der Waals surface area contributed by atoms with Crippen LogP contribution in [0.5, 0.6) is 0 Å². The molecule has 1 amide bonds. The molecule has 40 heavy (non-hydrogen) atoms. The predicted octanol–water partition coefficient (Wildman–Crippen LogP) is 5.12. The van der Waals surface area contributed by atoms with Crippen LogP contribution in [0.3, 0.4) is 0 Å². The Kier molecular flexibility index (Phi) is 6.87. The molecule has 11 nitrogen and oxygen atoms in total. The summed E-state index contributed by atoms with van der Waals surface area (Å²) in [5.74, 6) is 1.08. The van der Waals surface area contributed by atoms with Crippen LogP contribution in [0.1, 0.15) is 36.7 Å². The van der Waals surface area contributed by atoms with Crippen LogP contribution in [0.2, 0.25) is 5.02 Å². The molecule has 1 aliphatic rings. The highest BCUT2D eigenvalue weighted by Crippen LogP contribution is 2.41. The standard InChI is InChI=1S/C28H25ClN8O3/c1-40-28(38)32-21-8-4-18(5-9-21)24-14-30-27(33-24)23(12-17-2-3-17)26-10-6-19(15-37(26)39)22-13-20(29)7-11-25(22)36-16-31-34-35-36/h4-11,13-17,23H,2-3,12H2,1H3,(H,30,33)(H,32,38). The van der Waals surface area contributed by atoms with E-state index in [-0.39, 0.29) is 5.92 Å². The number of rotatable bonds is 8. The maximum atomic E-state index is 13.5. The van der Waals surface area contributed by atoms with Gasteiger partial charge in [-0.2, -0.15) is 9.41 Å². The van der Waals surface area contributed by atoms with E-state index >= 15 is 0 Å². The molecule has 3 aromatic heterocycles. The van der Waals surface area contributed by atoms with Gasteiger partial charge in [-0.1, -0.05) is 36.6 Å². The summed E-state index contributed by atoms with van der Waals surface area (Å²) in [6, 6.07) is 16.5. The second kappa shape index (κ2) is 10.8. The zero-order valence-corrected chi connectivity index (χ0v) is 22.2. The van der Waals surface area contributed by atoms with E-state index in [1.807, 2.05) is 30.3 Å². The van der Waals surface area contributed by atoms with E-state index in [1.54, 1.807) is 36.7 Å². The number of benzene rings is 2. The van der Waals surface area contributed by atoms with E-state index in [9.17, 15) is 10.0 Å². The third-order valence-corrected chi connectivity index (χ3v) is 7.22. The minimum absolute atomic E-state index is 0.202. The molecule has 2 aromatic carbocycles. The van der Waals surface area contributed by atoms with Crippen molar-refractivity contribution in [2.75, 3.05) is 12.4 Å². The SMILES string of the molecule is COC(=O)Nc1ccc(-c2cnc(C(CC3CC3)c3ccc(-c4cc(Cl)ccc4-n4cnnn4)c[n+]3[O-])[nH]2)cc1. The molecule has 0 aliphatic heterocycles. The number of carbonyl (C=O) groups excluding carboxylic acids is 1. The number of methoxy groups -OCH3 is 1. The van der Waals surface area contributed by atoms with Gasteiger partial charge < -0.3 is 14.9 Å². The largest absolute Gasteiger partial charge is 0.618 e. The lowest BCUT2D eigenvalue weighted by Crippen LogP contribution is -2.34. The first-order chi connectivity index (χ1) is 19.5. The maximum absolute atomic E-state index is 13.5. The molecule has 2 N–H and O–H groups in total. The van der Waals surface area contributed by atoms with Gasteiger partial charge in [0.2, 0.25) is 5.69 Å². The summed E-state index contributed by atoms with van der Waals surface area (Å²) < 4.78 is 7.09. The molecule has 1 saturated carbocycles. The number of nitrogens with zero attached hydrogens (tertiary/aromatic N) is 6. The monoisotopic (exact) mass is 556 g/mol. The van der Waals surface area contributed by atoms with Crippen molar-refractivity contribution in [1.29, 1.82) is 0 Å². The maximum Gasteiger partial charge on any atom is 0.411 e. The van der Waals surface area contributed by atoms with Gasteiger partial charge in [0.1, 0.15) is 18.1 Å². The van der Waals surface area contributed by atoms with Gasteiger partial charge in [-0.15, -0.1) is 5.10 Å². The molecule has 0 spiro atoms. The first-order valence-corrected chi connectivity index (χ1v) is 13.1. The number of pyridine rings is 1. The number of anilines is 1. The average Bonchev–Trinajstić information content (AvgIpc) is 3.39. The van der Waals surface area contributed by atoms with Crippen molar-refractivity contribution in [3.8, 4) is 28.1 Å². The molecule has 202 valence electrons. The van der Waals surface area contributed by atoms with E-state index in [0.717, 1.165) is 46.6 Å². The van der Waals surface area contributed by atoms with Gasteiger partial charge in [0.25, 0.3) is 0 Å². The molecular weight excluding hydrogens is 532 g/mol. The van der Waals surface area contributed by atoms with Gasteiger partial charge >= 0.3 is 6.09 Å². The Balaban J connectivity index is 1.30. The molecule has 5 aromatic rings. The highest BCUT2D eigenvalue weighted by molar-refractivity contribution is 6.31. The van der Waals surface area contributed by atoms with Crippen LogP contribution >= 0.6 is 11.6 Å². The number of hydrogen-bond donors (Lipinski definition) is 2. The van der Waals surface area contributed by atoms with Gasteiger partial charge in [-0.25, -0.2) is 9.78 Å². The Labute approximate surface area is 234 Å². The molecule has 6 rings (SSSR count). The van der Waals surface area contributed by atoms with Crippen LogP contribution in [0, 0.1) is 11.1 Å². The Morgan fingerprint density at radius 2 is 2.00 bits per heavy atom. The summed E-state index contributed by atoms with van der Waals surface area (Å²) >= 11 is 6.30. The molecule has 1 atom stereocenters. The normalized spacial score (nSPS) is 13.7. The second-order valence-electron chi connectivity index (χ2n) is 9.69. The summed E-state index contributed by atoms with van der Waals surface area (Å²) in [4.78, 5) is 19.6. The molecule has 0 saturated heterocycles. The van der Waals surface area contributed by atoms with Crippen LogP contribution in [-0.4, -0.2) is 43.4 Å². The summed E-state index contributed by atoms with van der Waals surface area (Å²) in [5.41, 5.74) is 5.09. The number of carbonyl (C=O) groups is 1. The van der Waals surface area contributed by atoms with Gasteiger partial charge in [-0.05, 0) is 64.7 Å². The van der Waals surface area contributed by atoms with Crippen LogP contribution in [0.25, 0.3) is 28.1 Å². The number of hydrogen-bond acceptors (Lipinski definition) is 7. The van der Waals surface area contributed by atoms with E-state index < -0.39 is 6.09 Å². The number of nitrogens with one attached hydrogen (secondary N) is 2. The smallest absolute Gasteiger partial charge is 0.411 e. The first-order valence-electron chi connectivity index (χ1n) is 12.7. The zero-order chi connectivity index (χ0) is 27.6. The second-order valence-corrected chi connectivity index (χ2v) is 10.1. The zero-order valence-electron chi connectivity index (χ0n) is 21.5. The Morgan fingerprint density at radius 1 is 1.20 bits per heavy atom. The Morgan fingerprint density at radius 3 is 2.70 bits per heavy atom. The number of aromatic amines is 1. The third kappa shape index (κ3) is 5.36. The number of amides is 1. The van der Waals surface area contributed by atoms with Crippen LogP contribution in [0.15, 0.2) is 73.3 Å². The summed E-state index contributed by atoms with van der Waals surface area (Å²) in [5, 5.41) is 28.1. The lowest BCUT2D eigenvalue weighted by molar-refractivity contribution is -0.614. The molecule has 1 fully saturated rings. The minimum atomic E-state index is -0.529. The Hall–Kier alpha value is -4.77. The van der Waals surface area contributed by atoms with E-state index in [4.69, 9.17) is 11.6 Å².